The molecule has 2 aromatic rings. The Morgan fingerprint density at radius 2 is 1.93 bits per heavy atom. The number of para-hydroxylation sites is 1. The van der Waals surface area contributed by atoms with Gasteiger partial charge in [0.05, 0.1) is 12.6 Å². The average Bonchev–Trinajstić information content (AvgIpc) is 2.62. The van der Waals surface area contributed by atoms with Crippen molar-refractivity contribution >= 4 is 23.5 Å². The second kappa shape index (κ2) is 9.27. The van der Waals surface area contributed by atoms with E-state index >= 15 is 0 Å². The molecule has 1 amide bonds. The number of benzene rings is 1. The van der Waals surface area contributed by atoms with Crippen LogP contribution >= 0.6 is 0 Å². The Bertz CT molecular complexity index is 778. The first-order chi connectivity index (χ1) is 12.8. The second-order valence-corrected chi connectivity index (χ2v) is 6.76. The van der Waals surface area contributed by atoms with E-state index in [0.717, 1.165) is 24.2 Å². The summed E-state index contributed by atoms with van der Waals surface area (Å²) in [7, 11) is 3.70. The van der Waals surface area contributed by atoms with Crippen molar-refractivity contribution in [2.24, 2.45) is 0 Å². The molecular weight excluding hydrogens is 342 g/mol. The molecule has 27 heavy (non-hydrogen) atoms. The zero-order valence-electron chi connectivity index (χ0n) is 16.7. The second-order valence-electron chi connectivity index (χ2n) is 6.76. The lowest BCUT2D eigenvalue weighted by Crippen LogP contribution is -2.37. The maximum Gasteiger partial charge on any atom is 0.238 e. The number of aromatic nitrogens is 3. The van der Waals surface area contributed by atoms with Gasteiger partial charge in [0.25, 0.3) is 0 Å². The molecule has 1 heterocycles. The Morgan fingerprint density at radius 3 is 2.56 bits per heavy atom. The highest BCUT2D eigenvalue weighted by Crippen LogP contribution is 2.20. The SMILES string of the molecule is CCCN(CC(=O)Nc1ccccc1C)C(C)c1nc(N)nc(N(C)C)n1. The molecule has 1 aromatic carbocycles. The first kappa shape index (κ1) is 20.6. The fraction of sp³-hybridized carbons (Fsp3) is 0.474. The quantitative estimate of drug-likeness (QED) is 0.734. The van der Waals surface area contributed by atoms with Crippen molar-refractivity contribution in [2.75, 3.05) is 43.1 Å². The number of hydrogen-bond donors (Lipinski definition) is 2. The van der Waals surface area contributed by atoms with Crippen molar-refractivity contribution < 1.29 is 4.79 Å². The van der Waals surface area contributed by atoms with Crippen LogP contribution in [-0.4, -0.2) is 52.9 Å². The molecule has 0 aliphatic rings. The molecule has 0 saturated heterocycles. The number of nitrogens with two attached hydrogens (primary N) is 1. The minimum Gasteiger partial charge on any atom is -0.368 e. The summed E-state index contributed by atoms with van der Waals surface area (Å²) in [5, 5.41) is 2.98. The van der Waals surface area contributed by atoms with Gasteiger partial charge in [-0.1, -0.05) is 25.1 Å². The van der Waals surface area contributed by atoms with Crippen molar-refractivity contribution in [3.8, 4) is 0 Å². The van der Waals surface area contributed by atoms with Gasteiger partial charge in [0.15, 0.2) is 5.82 Å². The van der Waals surface area contributed by atoms with Crippen LogP contribution in [0.25, 0.3) is 0 Å². The average molecular weight is 371 g/mol. The first-order valence-corrected chi connectivity index (χ1v) is 9.10. The van der Waals surface area contributed by atoms with Gasteiger partial charge in [-0.3, -0.25) is 9.69 Å². The van der Waals surface area contributed by atoms with Crippen molar-refractivity contribution in [3.63, 3.8) is 0 Å². The molecular formula is C19H29N7O. The number of nitrogens with zero attached hydrogens (tertiary/aromatic N) is 5. The molecule has 1 unspecified atom stereocenters. The monoisotopic (exact) mass is 371 g/mol. The van der Waals surface area contributed by atoms with E-state index in [1.54, 1.807) is 4.90 Å². The van der Waals surface area contributed by atoms with E-state index in [1.807, 2.05) is 57.1 Å². The van der Waals surface area contributed by atoms with Crippen LogP contribution in [0.15, 0.2) is 24.3 Å². The highest BCUT2D eigenvalue weighted by molar-refractivity contribution is 5.92. The number of nitrogen functional groups attached to an aromatic ring is 1. The Labute approximate surface area is 160 Å². The third-order valence-corrected chi connectivity index (χ3v) is 4.26. The summed E-state index contributed by atoms with van der Waals surface area (Å²) >= 11 is 0. The topological polar surface area (TPSA) is 100 Å². The van der Waals surface area contributed by atoms with Crippen molar-refractivity contribution in [1.29, 1.82) is 0 Å². The number of aryl methyl sites for hydroxylation is 1. The number of carbonyl (C=O) groups is 1. The number of amides is 1. The fourth-order valence-electron chi connectivity index (χ4n) is 2.73. The normalized spacial score (nSPS) is 12.1. The largest absolute Gasteiger partial charge is 0.368 e. The van der Waals surface area contributed by atoms with E-state index < -0.39 is 0 Å². The molecule has 8 nitrogen and oxygen atoms in total. The lowest BCUT2D eigenvalue weighted by molar-refractivity contribution is -0.117. The Kier molecular flexibility index (Phi) is 7.06. The molecule has 8 heteroatoms. The van der Waals surface area contributed by atoms with E-state index in [9.17, 15) is 4.79 Å². The zero-order valence-corrected chi connectivity index (χ0v) is 16.7. The number of rotatable bonds is 8. The minimum absolute atomic E-state index is 0.0699. The Hall–Kier alpha value is -2.74. The van der Waals surface area contributed by atoms with Gasteiger partial charge in [-0.25, -0.2) is 0 Å². The molecule has 1 atom stereocenters. The summed E-state index contributed by atoms with van der Waals surface area (Å²) in [6, 6.07) is 7.56. The van der Waals surface area contributed by atoms with Gasteiger partial charge in [-0.2, -0.15) is 15.0 Å². The highest BCUT2D eigenvalue weighted by Gasteiger charge is 2.22. The number of carbonyl (C=O) groups excluding carboxylic acids is 1. The maximum atomic E-state index is 12.6. The summed E-state index contributed by atoms with van der Waals surface area (Å²) in [6.07, 6.45) is 0.906. The van der Waals surface area contributed by atoms with Gasteiger partial charge < -0.3 is 16.0 Å². The van der Waals surface area contributed by atoms with Crippen LogP contribution in [0.4, 0.5) is 17.6 Å². The first-order valence-electron chi connectivity index (χ1n) is 9.10. The van der Waals surface area contributed by atoms with E-state index in [4.69, 9.17) is 5.73 Å². The van der Waals surface area contributed by atoms with Crippen LogP contribution in [0, 0.1) is 6.92 Å². The molecule has 3 N–H and O–H groups in total. The molecule has 0 fully saturated rings. The predicted molar refractivity (Wildman–Crippen MR) is 109 cm³/mol. The fourth-order valence-corrected chi connectivity index (χ4v) is 2.73. The minimum atomic E-state index is -0.170. The molecule has 0 aliphatic carbocycles. The van der Waals surface area contributed by atoms with Crippen LogP contribution in [0.2, 0.25) is 0 Å². The van der Waals surface area contributed by atoms with Crippen molar-refractivity contribution in [2.45, 2.75) is 33.2 Å². The van der Waals surface area contributed by atoms with Gasteiger partial charge in [-0.05, 0) is 38.4 Å². The van der Waals surface area contributed by atoms with Crippen molar-refractivity contribution in [1.82, 2.24) is 19.9 Å². The molecule has 0 saturated carbocycles. The summed E-state index contributed by atoms with van der Waals surface area (Å²) in [4.78, 5) is 29.3. The lowest BCUT2D eigenvalue weighted by atomic mass is 10.2. The van der Waals surface area contributed by atoms with Gasteiger partial charge in [0, 0.05) is 19.8 Å². The lowest BCUT2D eigenvalue weighted by Gasteiger charge is -2.27. The Balaban J connectivity index is 2.16. The smallest absolute Gasteiger partial charge is 0.238 e. The summed E-state index contributed by atoms with van der Waals surface area (Å²) < 4.78 is 0. The van der Waals surface area contributed by atoms with E-state index in [1.165, 1.54) is 0 Å². The maximum absolute atomic E-state index is 12.6. The van der Waals surface area contributed by atoms with Crippen LogP contribution in [0.3, 0.4) is 0 Å². The van der Waals surface area contributed by atoms with E-state index in [-0.39, 0.29) is 24.4 Å². The van der Waals surface area contributed by atoms with E-state index in [0.29, 0.717) is 11.8 Å². The van der Waals surface area contributed by atoms with Crippen LogP contribution in [-0.2, 0) is 4.79 Å². The molecule has 2 rings (SSSR count). The third-order valence-electron chi connectivity index (χ3n) is 4.26. The molecule has 0 bridgehead atoms. The van der Waals surface area contributed by atoms with Gasteiger partial charge in [0.1, 0.15) is 0 Å². The molecule has 0 aliphatic heterocycles. The van der Waals surface area contributed by atoms with Crippen molar-refractivity contribution in [3.05, 3.63) is 35.7 Å². The summed E-state index contributed by atoms with van der Waals surface area (Å²) in [5.74, 6) is 1.17. The van der Waals surface area contributed by atoms with Gasteiger partial charge in [-0.15, -0.1) is 0 Å². The number of anilines is 3. The van der Waals surface area contributed by atoms with Gasteiger partial charge >= 0.3 is 0 Å². The molecule has 0 radical (unpaired) electrons. The zero-order chi connectivity index (χ0) is 20.0. The highest BCUT2D eigenvalue weighted by atomic mass is 16.2. The number of hydrogen-bond acceptors (Lipinski definition) is 7. The summed E-state index contributed by atoms with van der Waals surface area (Å²) in [5.41, 5.74) is 7.70. The van der Waals surface area contributed by atoms with Gasteiger partial charge in [0.2, 0.25) is 17.8 Å². The van der Waals surface area contributed by atoms with E-state index in [2.05, 4.69) is 27.2 Å². The standard InChI is InChI=1S/C19H29N7O/c1-6-11-26(12-16(27)21-15-10-8-7-9-13(15)2)14(3)17-22-18(20)24-19(23-17)25(4)5/h7-10,14H,6,11-12H2,1-5H3,(H,21,27)(H2,20,22,23,24). The molecule has 0 spiro atoms. The van der Waals surface area contributed by atoms with Crippen LogP contribution in [0.5, 0.6) is 0 Å². The van der Waals surface area contributed by atoms with Crippen LogP contribution < -0.4 is 16.0 Å². The number of nitrogens with one attached hydrogen (secondary N) is 1. The predicted octanol–water partition coefficient (Wildman–Crippen LogP) is 2.24. The van der Waals surface area contributed by atoms with Crippen LogP contribution in [0.1, 0.15) is 37.7 Å². The Morgan fingerprint density at radius 1 is 1.22 bits per heavy atom. The third kappa shape index (κ3) is 5.62. The summed E-state index contributed by atoms with van der Waals surface area (Å²) in [6.45, 7) is 7.01. The molecule has 1 aromatic heterocycles. The molecule has 146 valence electrons.